The van der Waals surface area contributed by atoms with E-state index in [2.05, 4.69) is 241 Å². The molecule has 0 fully saturated rings. The molecular formula is C66H45NS3. The molecular weight excluding hydrogens is 903 g/mol. The number of rotatable bonds is 9. The number of anilines is 3. The van der Waals surface area contributed by atoms with E-state index < -0.39 is 0 Å². The topological polar surface area (TPSA) is 3.24 Å². The lowest BCUT2D eigenvalue weighted by Gasteiger charge is -2.26. The summed E-state index contributed by atoms with van der Waals surface area (Å²) in [5.41, 5.74) is 18.4. The van der Waals surface area contributed by atoms with Gasteiger partial charge in [0.15, 0.2) is 0 Å². The lowest BCUT2D eigenvalue weighted by Crippen LogP contribution is -2.10. The van der Waals surface area contributed by atoms with Gasteiger partial charge in [0.1, 0.15) is 0 Å². The van der Waals surface area contributed by atoms with Crippen LogP contribution in [0.25, 0.3) is 84.5 Å². The summed E-state index contributed by atoms with van der Waals surface area (Å²) in [6.07, 6.45) is 1.85. The Balaban J connectivity index is 0.945. The molecule has 13 rings (SSSR count). The van der Waals surface area contributed by atoms with Crippen molar-refractivity contribution in [2.45, 2.75) is 12.8 Å². The van der Waals surface area contributed by atoms with Gasteiger partial charge in [-0.25, -0.2) is 0 Å². The molecule has 0 saturated heterocycles. The molecule has 0 bridgehead atoms. The van der Waals surface area contributed by atoms with E-state index in [-0.39, 0.29) is 0 Å². The Morgan fingerprint density at radius 1 is 0.314 bits per heavy atom. The molecule has 0 amide bonds. The number of hydrogen-bond acceptors (Lipinski definition) is 4. The van der Waals surface area contributed by atoms with Crippen molar-refractivity contribution >= 4 is 92.5 Å². The summed E-state index contributed by atoms with van der Waals surface area (Å²) in [6, 6.07) is 86.7. The number of benzene rings is 9. The van der Waals surface area contributed by atoms with Gasteiger partial charge in [-0.3, -0.25) is 0 Å². The summed E-state index contributed by atoms with van der Waals surface area (Å²) < 4.78 is 3.88. The molecule has 9 aromatic carbocycles. The highest BCUT2D eigenvalue weighted by molar-refractivity contribution is 7.29. The molecule has 0 N–H and O–H groups in total. The number of fused-ring (bicyclic) bond motifs is 4. The van der Waals surface area contributed by atoms with E-state index in [1.165, 1.54) is 112 Å². The Bertz CT molecular complexity index is 3930. The second kappa shape index (κ2) is 17.9. The molecule has 3 aromatic heterocycles. The second-order valence-electron chi connectivity index (χ2n) is 17.9. The lowest BCUT2D eigenvalue weighted by atomic mass is 9.87. The lowest BCUT2D eigenvalue weighted by molar-refractivity contribution is 0.979. The number of nitrogens with zero attached hydrogens (tertiary/aromatic N) is 1. The van der Waals surface area contributed by atoms with E-state index in [1.807, 2.05) is 34.0 Å². The van der Waals surface area contributed by atoms with E-state index in [0.717, 1.165) is 29.9 Å². The predicted octanol–water partition coefficient (Wildman–Crippen LogP) is 19.9. The molecule has 0 unspecified atom stereocenters. The van der Waals surface area contributed by atoms with Crippen LogP contribution in [0.2, 0.25) is 0 Å². The highest BCUT2D eigenvalue weighted by atomic mass is 32.1. The van der Waals surface area contributed by atoms with Crippen molar-refractivity contribution in [1.82, 2.24) is 0 Å². The van der Waals surface area contributed by atoms with Crippen LogP contribution in [-0.4, -0.2) is 0 Å². The molecule has 1 aliphatic rings. The first-order valence-corrected chi connectivity index (χ1v) is 26.3. The molecule has 0 radical (unpaired) electrons. The highest BCUT2D eigenvalue weighted by Crippen LogP contribution is 2.54. The Morgan fingerprint density at radius 2 is 0.700 bits per heavy atom. The zero-order chi connectivity index (χ0) is 46.5. The first kappa shape index (κ1) is 42.3. The fraction of sp³-hybridized carbons (Fsp3) is 0.0303. The van der Waals surface area contributed by atoms with Crippen LogP contribution in [0, 0.1) is 0 Å². The van der Waals surface area contributed by atoms with Gasteiger partial charge in [-0.1, -0.05) is 189 Å². The van der Waals surface area contributed by atoms with Gasteiger partial charge < -0.3 is 4.90 Å². The fourth-order valence-electron chi connectivity index (χ4n) is 10.6. The molecule has 3 heterocycles. The average molecular weight is 948 g/mol. The fourth-order valence-corrected chi connectivity index (χ4v) is 14.5. The van der Waals surface area contributed by atoms with Crippen LogP contribution in [0.3, 0.4) is 0 Å². The maximum atomic E-state index is 4.86. The van der Waals surface area contributed by atoms with Crippen molar-refractivity contribution in [2.75, 3.05) is 4.90 Å². The monoisotopic (exact) mass is 947 g/mol. The van der Waals surface area contributed by atoms with Crippen molar-refractivity contribution in [2.24, 2.45) is 0 Å². The van der Waals surface area contributed by atoms with Crippen molar-refractivity contribution in [3.63, 3.8) is 0 Å². The van der Waals surface area contributed by atoms with Crippen molar-refractivity contribution in [3.8, 4) is 43.1 Å². The van der Waals surface area contributed by atoms with Gasteiger partial charge in [0.05, 0.1) is 9.75 Å². The minimum atomic E-state index is 0.898. The van der Waals surface area contributed by atoms with Crippen LogP contribution in [0.1, 0.15) is 28.0 Å². The Kier molecular flexibility index (Phi) is 10.8. The molecule has 0 spiro atoms. The second-order valence-corrected chi connectivity index (χ2v) is 21.1. The summed E-state index contributed by atoms with van der Waals surface area (Å²) in [6.45, 7) is 4.86. The van der Waals surface area contributed by atoms with Gasteiger partial charge in [0, 0.05) is 74.5 Å². The number of aryl methyl sites for hydroxylation is 1. The molecule has 1 aliphatic carbocycles. The smallest absolute Gasteiger partial charge is 0.0540 e. The van der Waals surface area contributed by atoms with Crippen molar-refractivity contribution < 1.29 is 0 Å². The van der Waals surface area contributed by atoms with E-state index in [9.17, 15) is 0 Å². The third-order valence-corrected chi connectivity index (χ3v) is 17.5. The van der Waals surface area contributed by atoms with E-state index in [4.69, 9.17) is 6.58 Å². The maximum absolute atomic E-state index is 4.86. The molecule has 0 aliphatic heterocycles. The molecule has 1 nitrogen and oxygen atoms in total. The number of para-hydroxylation sites is 1. The minimum Gasteiger partial charge on any atom is -0.311 e. The van der Waals surface area contributed by atoms with Gasteiger partial charge in [-0.05, 0) is 112 Å². The zero-order valence-electron chi connectivity index (χ0n) is 38.3. The predicted molar refractivity (Wildman–Crippen MR) is 305 cm³/mol. The molecule has 0 atom stereocenters. The summed E-state index contributed by atoms with van der Waals surface area (Å²) in [4.78, 5) is 6.30. The van der Waals surface area contributed by atoms with Gasteiger partial charge in [0.25, 0.3) is 0 Å². The van der Waals surface area contributed by atoms with Crippen LogP contribution in [0.4, 0.5) is 17.1 Å². The Morgan fingerprint density at radius 3 is 1.23 bits per heavy atom. The minimum absolute atomic E-state index is 0.898. The molecule has 70 heavy (non-hydrogen) atoms. The SMILES string of the molecule is C=C1CCc2ccccc2C(c2ccc(N(c3ccccc3)c3ccc(-c4c(-c5sc6ccccc6c5-c5ccccc5)sc5ccccc45)cc3)cc2)=C1c1sc2ccccc2c1-c1ccccc1. The normalized spacial score (nSPS) is 12.7. The van der Waals surface area contributed by atoms with Gasteiger partial charge in [-0.15, -0.1) is 34.0 Å². The zero-order valence-corrected chi connectivity index (χ0v) is 40.8. The van der Waals surface area contributed by atoms with Crippen LogP contribution < -0.4 is 4.90 Å². The number of hydrogen-bond donors (Lipinski definition) is 0. The quantitative estimate of drug-likeness (QED) is 0.139. The largest absolute Gasteiger partial charge is 0.311 e. The van der Waals surface area contributed by atoms with Gasteiger partial charge >= 0.3 is 0 Å². The van der Waals surface area contributed by atoms with Crippen LogP contribution >= 0.6 is 34.0 Å². The van der Waals surface area contributed by atoms with Crippen molar-refractivity contribution in [1.29, 1.82) is 0 Å². The first-order valence-electron chi connectivity index (χ1n) is 23.9. The summed E-state index contributed by atoms with van der Waals surface area (Å²) in [7, 11) is 0. The average Bonchev–Trinajstić information content (AvgIpc) is 4.10. The molecule has 332 valence electrons. The summed E-state index contributed by atoms with van der Waals surface area (Å²) in [5, 5.41) is 3.87. The summed E-state index contributed by atoms with van der Waals surface area (Å²) in [5.74, 6) is 0. The van der Waals surface area contributed by atoms with Crippen LogP contribution in [0.5, 0.6) is 0 Å². The number of allylic oxidation sites excluding steroid dienone is 2. The van der Waals surface area contributed by atoms with E-state index in [1.54, 1.807) is 0 Å². The molecule has 12 aromatic rings. The third-order valence-electron chi connectivity index (χ3n) is 13.8. The number of thiophene rings is 3. The highest BCUT2D eigenvalue weighted by Gasteiger charge is 2.28. The van der Waals surface area contributed by atoms with Gasteiger partial charge in [0.2, 0.25) is 0 Å². The van der Waals surface area contributed by atoms with Crippen molar-refractivity contribution in [3.05, 3.63) is 270 Å². The summed E-state index contributed by atoms with van der Waals surface area (Å²) >= 11 is 5.69. The Labute approximate surface area is 420 Å². The molecule has 0 saturated carbocycles. The first-order chi connectivity index (χ1) is 34.7. The standard InChI is InChI=1S/C66H45NS3/c1-43-33-34-44-19-11-12-26-52(44)60(59(43)64-61(45-20-5-2-6-21-45)53-27-13-16-30-56(53)68-64)47-35-39-50(40-36-47)67(49-24-9-4-10-25-49)51-41-37-48(38-42-51)63-55-29-15-18-32-58(55)70-66(63)65-62(46-22-7-3-8-23-46)54-28-14-17-31-57(54)69-65/h2-32,35-42H,1,33-34H2. The van der Waals surface area contributed by atoms with E-state index in [0.29, 0.717) is 0 Å². The van der Waals surface area contributed by atoms with Crippen LogP contribution in [0.15, 0.2) is 249 Å². The Hall–Kier alpha value is -7.86. The maximum Gasteiger partial charge on any atom is 0.0540 e. The van der Waals surface area contributed by atoms with Crippen LogP contribution in [-0.2, 0) is 6.42 Å². The third kappa shape index (κ3) is 7.35. The van der Waals surface area contributed by atoms with Gasteiger partial charge in [-0.2, -0.15) is 0 Å². The molecule has 4 heteroatoms. The van der Waals surface area contributed by atoms with E-state index >= 15 is 0 Å².